The lowest BCUT2D eigenvalue weighted by atomic mass is 10.00. The first kappa shape index (κ1) is 12.3. The van der Waals surface area contributed by atoms with Crippen LogP contribution >= 0.6 is 0 Å². The maximum atomic E-state index is 12.3. The predicted octanol–water partition coefficient (Wildman–Crippen LogP) is 1.60. The van der Waals surface area contributed by atoms with Crippen LogP contribution in [0, 0.1) is 12.8 Å². The van der Waals surface area contributed by atoms with E-state index in [4.69, 9.17) is 0 Å². The van der Waals surface area contributed by atoms with Gasteiger partial charge in [-0.2, -0.15) is 13.2 Å². The first-order valence-electron chi connectivity index (χ1n) is 5.59. The van der Waals surface area contributed by atoms with Crippen molar-refractivity contribution in [2.24, 2.45) is 5.92 Å². The monoisotopic (exact) mass is 248 g/mol. The van der Waals surface area contributed by atoms with Crippen molar-refractivity contribution in [1.82, 2.24) is 19.7 Å². The summed E-state index contributed by atoms with van der Waals surface area (Å²) < 4.78 is 38.8. The fourth-order valence-corrected chi connectivity index (χ4v) is 2.06. The van der Waals surface area contributed by atoms with Gasteiger partial charge in [0.15, 0.2) is 0 Å². The summed E-state index contributed by atoms with van der Waals surface area (Å²) in [4.78, 5) is 1.74. The van der Waals surface area contributed by atoms with Gasteiger partial charge in [0.1, 0.15) is 11.6 Å². The summed E-state index contributed by atoms with van der Waals surface area (Å²) in [7, 11) is 0. The number of rotatable bonds is 3. The molecule has 4 nitrogen and oxygen atoms in total. The minimum absolute atomic E-state index is 0.0686. The summed E-state index contributed by atoms with van der Waals surface area (Å²) in [6.07, 6.45) is -4.06. The minimum atomic E-state index is -4.06. The maximum Gasteiger partial charge on any atom is 0.394 e. The van der Waals surface area contributed by atoms with Gasteiger partial charge in [-0.05, 0) is 13.8 Å². The number of nitrogens with zero attached hydrogens (tertiary/aromatic N) is 4. The third kappa shape index (κ3) is 2.43. The Morgan fingerprint density at radius 3 is 2.47 bits per heavy atom. The number of likely N-dealkylation sites (tertiary alicyclic amines) is 1. The van der Waals surface area contributed by atoms with E-state index < -0.39 is 12.1 Å². The number of halogens is 3. The molecule has 0 aliphatic carbocycles. The standard InChI is InChI=1S/C10H15F3N4/c1-3-17-7(2)14-15-9(17)6-16-4-8(5-16)10(11,12)13/h8H,3-6H2,1-2H3. The highest BCUT2D eigenvalue weighted by Gasteiger charge is 2.47. The van der Waals surface area contributed by atoms with Crippen LogP contribution in [-0.4, -0.2) is 38.9 Å². The predicted molar refractivity (Wildman–Crippen MR) is 55.3 cm³/mol. The van der Waals surface area contributed by atoms with E-state index in [1.54, 1.807) is 4.90 Å². The van der Waals surface area contributed by atoms with E-state index in [-0.39, 0.29) is 13.1 Å². The minimum Gasteiger partial charge on any atom is -0.314 e. The van der Waals surface area contributed by atoms with Gasteiger partial charge in [0.05, 0.1) is 12.5 Å². The lowest BCUT2D eigenvalue weighted by Crippen LogP contribution is -2.52. The molecule has 0 amide bonds. The molecule has 0 N–H and O–H groups in total. The van der Waals surface area contributed by atoms with Crippen molar-refractivity contribution >= 4 is 0 Å². The molecule has 0 spiro atoms. The van der Waals surface area contributed by atoms with Gasteiger partial charge in [-0.15, -0.1) is 10.2 Å². The Balaban J connectivity index is 1.92. The Morgan fingerprint density at radius 2 is 1.94 bits per heavy atom. The van der Waals surface area contributed by atoms with E-state index in [2.05, 4.69) is 10.2 Å². The molecule has 0 atom stereocenters. The maximum absolute atomic E-state index is 12.3. The van der Waals surface area contributed by atoms with Crippen LogP contribution < -0.4 is 0 Å². The highest BCUT2D eigenvalue weighted by atomic mass is 19.4. The molecule has 1 saturated heterocycles. The lowest BCUT2D eigenvalue weighted by molar-refractivity contribution is -0.210. The third-order valence-corrected chi connectivity index (χ3v) is 3.11. The van der Waals surface area contributed by atoms with Gasteiger partial charge in [-0.25, -0.2) is 0 Å². The molecule has 0 bridgehead atoms. The summed E-state index contributed by atoms with van der Waals surface area (Å²) in [5, 5.41) is 7.92. The van der Waals surface area contributed by atoms with Gasteiger partial charge in [-0.3, -0.25) is 4.90 Å². The second-order valence-corrected chi connectivity index (χ2v) is 4.34. The van der Waals surface area contributed by atoms with E-state index in [0.29, 0.717) is 6.54 Å². The molecule has 96 valence electrons. The number of alkyl halides is 3. The third-order valence-electron chi connectivity index (χ3n) is 3.11. The Labute approximate surface area is 97.4 Å². The molecular formula is C10H15F3N4. The number of aromatic nitrogens is 3. The highest BCUT2D eigenvalue weighted by molar-refractivity contribution is 4.96. The summed E-state index contributed by atoms with van der Waals surface area (Å²) in [5.41, 5.74) is 0. The molecule has 17 heavy (non-hydrogen) atoms. The van der Waals surface area contributed by atoms with Crippen molar-refractivity contribution in [3.05, 3.63) is 11.6 Å². The molecule has 1 fully saturated rings. The number of hydrogen-bond donors (Lipinski definition) is 0. The first-order chi connectivity index (χ1) is 7.91. The topological polar surface area (TPSA) is 34.0 Å². The van der Waals surface area contributed by atoms with Gasteiger partial charge in [-0.1, -0.05) is 0 Å². The Morgan fingerprint density at radius 1 is 1.29 bits per heavy atom. The largest absolute Gasteiger partial charge is 0.394 e. The molecule has 0 unspecified atom stereocenters. The van der Waals surface area contributed by atoms with Crippen LogP contribution in [0.4, 0.5) is 13.2 Å². The Kier molecular flexibility index (Phi) is 3.11. The second-order valence-electron chi connectivity index (χ2n) is 4.34. The smallest absolute Gasteiger partial charge is 0.314 e. The summed E-state index contributed by atoms with van der Waals surface area (Å²) >= 11 is 0. The fourth-order valence-electron chi connectivity index (χ4n) is 2.06. The summed E-state index contributed by atoms with van der Waals surface area (Å²) in [6, 6.07) is 0. The van der Waals surface area contributed by atoms with Crippen molar-refractivity contribution in [1.29, 1.82) is 0 Å². The molecule has 2 heterocycles. The van der Waals surface area contributed by atoms with E-state index >= 15 is 0 Å². The van der Waals surface area contributed by atoms with Crippen LogP contribution in [0.15, 0.2) is 0 Å². The van der Waals surface area contributed by atoms with Crippen molar-refractivity contribution in [3.8, 4) is 0 Å². The zero-order valence-electron chi connectivity index (χ0n) is 9.83. The number of aryl methyl sites for hydroxylation is 1. The van der Waals surface area contributed by atoms with Crippen LogP contribution in [0.3, 0.4) is 0 Å². The van der Waals surface area contributed by atoms with Crippen LogP contribution in [0.5, 0.6) is 0 Å². The van der Waals surface area contributed by atoms with Crippen molar-refractivity contribution in [2.75, 3.05) is 13.1 Å². The zero-order valence-corrected chi connectivity index (χ0v) is 9.83. The van der Waals surface area contributed by atoms with Gasteiger partial charge >= 0.3 is 6.18 Å². The summed E-state index contributed by atoms with van der Waals surface area (Å²) in [5.74, 6) is 0.364. The molecule has 1 aliphatic heterocycles. The molecule has 0 saturated carbocycles. The van der Waals surface area contributed by atoms with Crippen LogP contribution in [-0.2, 0) is 13.1 Å². The Bertz CT molecular complexity index is 393. The zero-order chi connectivity index (χ0) is 12.6. The molecule has 0 aromatic carbocycles. The molecule has 0 radical (unpaired) electrons. The summed E-state index contributed by atoms with van der Waals surface area (Å²) in [6.45, 7) is 5.13. The average molecular weight is 248 g/mol. The molecule has 2 rings (SSSR count). The molecule has 1 aliphatic rings. The molecule has 7 heteroatoms. The van der Waals surface area contributed by atoms with Gasteiger partial charge in [0, 0.05) is 19.6 Å². The van der Waals surface area contributed by atoms with E-state index in [1.165, 1.54) is 0 Å². The molecular weight excluding hydrogens is 233 g/mol. The van der Waals surface area contributed by atoms with Gasteiger partial charge < -0.3 is 4.57 Å². The molecule has 1 aromatic rings. The van der Waals surface area contributed by atoms with E-state index in [0.717, 1.165) is 18.2 Å². The fraction of sp³-hybridized carbons (Fsp3) is 0.800. The normalized spacial score (nSPS) is 18.4. The van der Waals surface area contributed by atoms with Crippen molar-refractivity contribution < 1.29 is 13.2 Å². The van der Waals surface area contributed by atoms with Crippen molar-refractivity contribution in [2.45, 2.75) is 33.1 Å². The lowest BCUT2D eigenvalue weighted by Gasteiger charge is -2.39. The quantitative estimate of drug-likeness (QED) is 0.814. The second kappa shape index (κ2) is 4.29. The average Bonchev–Trinajstić information content (AvgIpc) is 2.50. The van der Waals surface area contributed by atoms with Crippen LogP contribution in [0.2, 0.25) is 0 Å². The first-order valence-corrected chi connectivity index (χ1v) is 5.59. The van der Waals surface area contributed by atoms with Crippen molar-refractivity contribution in [3.63, 3.8) is 0 Å². The van der Waals surface area contributed by atoms with Crippen LogP contribution in [0.1, 0.15) is 18.6 Å². The van der Waals surface area contributed by atoms with E-state index in [9.17, 15) is 13.2 Å². The van der Waals surface area contributed by atoms with Crippen LogP contribution in [0.25, 0.3) is 0 Å². The number of hydrogen-bond acceptors (Lipinski definition) is 3. The Hall–Kier alpha value is -1.11. The van der Waals surface area contributed by atoms with Gasteiger partial charge in [0.2, 0.25) is 0 Å². The van der Waals surface area contributed by atoms with Gasteiger partial charge in [0.25, 0.3) is 0 Å². The van der Waals surface area contributed by atoms with E-state index in [1.807, 2.05) is 18.4 Å². The SMILES string of the molecule is CCn1c(C)nnc1CN1CC(C(F)(F)F)C1. The molecule has 1 aromatic heterocycles. The highest BCUT2D eigenvalue weighted by Crippen LogP contribution is 2.33.